The Morgan fingerprint density at radius 2 is 2.10 bits per heavy atom. The molecule has 1 aromatic heterocycles. The van der Waals surface area contributed by atoms with Gasteiger partial charge in [0.05, 0.1) is 6.61 Å². The first-order valence-corrected chi connectivity index (χ1v) is 8.13. The molecule has 0 amide bonds. The topological polar surface area (TPSA) is 34.2 Å². The monoisotopic (exact) mass is 294 g/mol. The maximum Gasteiger partial charge on any atom is 0.250 e. The first kappa shape index (κ1) is 16.2. The van der Waals surface area contributed by atoms with Crippen LogP contribution in [0.3, 0.4) is 0 Å². The number of rotatable bonds is 7. The maximum absolute atomic E-state index is 14.3. The molecule has 1 N–H and O–H groups in total. The van der Waals surface area contributed by atoms with Crippen LogP contribution in [0, 0.1) is 17.7 Å². The molecule has 118 valence electrons. The van der Waals surface area contributed by atoms with Gasteiger partial charge in [0, 0.05) is 18.3 Å². The van der Waals surface area contributed by atoms with Gasteiger partial charge in [0.2, 0.25) is 0 Å². The van der Waals surface area contributed by atoms with Gasteiger partial charge in [-0.1, -0.05) is 33.1 Å². The lowest BCUT2D eigenvalue weighted by atomic mass is 9.90. The number of nitrogens with zero attached hydrogens (tertiary/aromatic N) is 1. The molecule has 1 saturated carbocycles. The predicted molar refractivity (Wildman–Crippen MR) is 82.8 cm³/mol. The quantitative estimate of drug-likeness (QED) is 0.827. The zero-order valence-electron chi connectivity index (χ0n) is 13.2. The molecular formula is C17H27FN2O. The molecule has 0 aromatic carbocycles. The molecule has 1 fully saturated rings. The molecule has 0 bridgehead atoms. The average molecular weight is 294 g/mol. The van der Waals surface area contributed by atoms with E-state index in [-0.39, 0.29) is 11.7 Å². The van der Waals surface area contributed by atoms with Crippen molar-refractivity contribution in [2.75, 3.05) is 13.2 Å². The Hall–Kier alpha value is -1.16. The summed E-state index contributed by atoms with van der Waals surface area (Å²) < 4.78 is 20.0. The number of nitrogens with one attached hydrogen (secondary N) is 1. The summed E-state index contributed by atoms with van der Waals surface area (Å²) in [5.41, 5.74) is 0.629. The highest BCUT2D eigenvalue weighted by Gasteiger charge is 2.16. The molecular weight excluding hydrogens is 267 g/mol. The molecule has 0 unspecified atom stereocenters. The van der Waals surface area contributed by atoms with E-state index in [0.29, 0.717) is 30.6 Å². The predicted octanol–water partition coefficient (Wildman–Crippen LogP) is 3.93. The lowest BCUT2D eigenvalue weighted by Crippen LogP contribution is -2.20. The third-order valence-electron chi connectivity index (χ3n) is 3.99. The van der Waals surface area contributed by atoms with E-state index in [1.165, 1.54) is 32.1 Å². The number of ether oxygens (including phenoxy) is 1. The first-order valence-electron chi connectivity index (χ1n) is 8.13. The van der Waals surface area contributed by atoms with Gasteiger partial charge in [-0.15, -0.1) is 0 Å². The molecule has 1 heterocycles. The molecule has 21 heavy (non-hydrogen) atoms. The fourth-order valence-corrected chi connectivity index (χ4v) is 2.75. The summed E-state index contributed by atoms with van der Waals surface area (Å²) in [6.07, 6.45) is 7.87. The Morgan fingerprint density at radius 3 is 2.81 bits per heavy atom. The molecule has 0 radical (unpaired) electrons. The van der Waals surface area contributed by atoms with E-state index < -0.39 is 0 Å². The zero-order valence-corrected chi connectivity index (χ0v) is 13.2. The van der Waals surface area contributed by atoms with Crippen LogP contribution in [0.2, 0.25) is 0 Å². The van der Waals surface area contributed by atoms with Crippen molar-refractivity contribution in [3.8, 4) is 5.88 Å². The second-order valence-corrected chi connectivity index (χ2v) is 6.43. The second kappa shape index (κ2) is 8.32. The molecule has 3 nitrogen and oxygen atoms in total. The summed E-state index contributed by atoms with van der Waals surface area (Å²) in [4.78, 5) is 4.04. The van der Waals surface area contributed by atoms with Crippen LogP contribution in [-0.2, 0) is 6.54 Å². The highest BCUT2D eigenvalue weighted by Crippen LogP contribution is 2.25. The zero-order chi connectivity index (χ0) is 15.1. The van der Waals surface area contributed by atoms with Crippen molar-refractivity contribution in [2.24, 2.45) is 11.8 Å². The molecule has 1 aliphatic rings. The van der Waals surface area contributed by atoms with Crippen LogP contribution >= 0.6 is 0 Å². The van der Waals surface area contributed by atoms with Gasteiger partial charge >= 0.3 is 0 Å². The van der Waals surface area contributed by atoms with Crippen LogP contribution in [0.15, 0.2) is 12.3 Å². The Morgan fingerprint density at radius 1 is 1.33 bits per heavy atom. The van der Waals surface area contributed by atoms with Crippen molar-refractivity contribution in [1.29, 1.82) is 0 Å². The Labute approximate surface area is 127 Å². The molecule has 0 saturated heterocycles. The summed E-state index contributed by atoms with van der Waals surface area (Å²) in [6, 6.07) is 1.72. The number of hydrogen-bond acceptors (Lipinski definition) is 3. The minimum absolute atomic E-state index is 0.157. The van der Waals surface area contributed by atoms with Crippen molar-refractivity contribution in [3.05, 3.63) is 23.6 Å². The van der Waals surface area contributed by atoms with Crippen LogP contribution in [0.1, 0.15) is 51.5 Å². The fourth-order valence-electron chi connectivity index (χ4n) is 2.75. The third-order valence-corrected chi connectivity index (χ3v) is 3.99. The van der Waals surface area contributed by atoms with Crippen LogP contribution in [-0.4, -0.2) is 18.1 Å². The van der Waals surface area contributed by atoms with E-state index in [1.807, 2.05) is 0 Å². The fraction of sp³-hybridized carbons (Fsp3) is 0.706. The number of aromatic nitrogens is 1. The smallest absolute Gasteiger partial charge is 0.250 e. The van der Waals surface area contributed by atoms with Gasteiger partial charge in [-0.3, -0.25) is 0 Å². The molecule has 2 rings (SSSR count). The molecule has 0 atom stereocenters. The summed E-state index contributed by atoms with van der Waals surface area (Å²) in [5, 5.41) is 3.25. The Kier molecular flexibility index (Phi) is 6.43. The van der Waals surface area contributed by atoms with Crippen molar-refractivity contribution in [1.82, 2.24) is 10.3 Å². The van der Waals surface area contributed by atoms with Crippen molar-refractivity contribution < 1.29 is 9.13 Å². The van der Waals surface area contributed by atoms with E-state index in [1.54, 1.807) is 12.3 Å². The second-order valence-electron chi connectivity index (χ2n) is 6.43. The molecule has 1 aliphatic carbocycles. The standard InChI is InChI=1S/C17H27FN2O/c1-13(2)10-19-11-15-8-9-20-17(16(15)18)21-12-14-6-4-3-5-7-14/h8-9,13-14,19H,3-7,10-12H2,1-2H3. The van der Waals surface area contributed by atoms with Crippen LogP contribution in [0.4, 0.5) is 4.39 Å². The van der Waals surface area contributed by atoms with Gasteiger partial charge in [0.15, 0.2) is 5.82 Å². The number of pyridine rings is 1. The summed E-state index contributed by atoms with van der Waals surface area (Å²) in [6.45, 7) is 6.25. The molecule has 4 heteroatoms. The highest BCUT2D eigenvalue weighted by atomic mass is 19.1. The van der Waals surface area contributed by atoms with Crippen molar-refractivity contribution >= 4 is 0 Å². The van der Waals surface area contributed by atoms with Gasteiger partial charge in [-0.2, -0.15) is 0 Å². The molecule has 0 aliphatic heterocycles. The van der Waals surface area contributed by atoms with Gasteiger partial charge in [-0.25, -0.2) is 9.37 Å². The van der Waals surface area contributed by atoms with Crippen LogP contribution in [0.5, 0.6) is 5.88 Å². The minimum Gasteiger partial charge on any atom is -0.475 e. The third kappa shape index (κ3) is 5.27. The lowest BCUT2D eigenvalue weighted by Gasteiger charge is -2.21. The highest BCUT2D eigenvalue weighted by molar-refractivity contribution is 5.23. The summed E-state index contributed by atoms with van der Waals surface area (Å²) >= 11 is 0. The van der Waals surface area contributed by atoms with E-state index in [4.69, 9.17) is 4.74 Å². The molecule has 1 aromatic rings. The first-order chi connectivity index (χ1) is 10.2. The molecule has 0 spiro atoms. The van der Waals surface area contributed by atoms with E-state index >= 15 is 0 Å². The number of halogens is 1. The normalized spacial score (nSPS) is 16.4. The van der Waals surface area contributed by atoms with Crippen LogP contribution in [0.25, 0.3) is 0 Å². The Bertz CT molecular complexity index is 431. The SMILES string of the molecule is CC(C)CNCc1ccnc(OCC2CCCCC2)c1F. The largest absolute Gasteiger partial charge is 0.475 e. The van der Waals surface area contributed by atoms with Gasteiger partial charge in [0.1, 0.15) is 0 Å². The van der Waals surface area contributed by atoms with Gasteiger partial charge < -0.3 is 10.1 Å². The Balaban J connectivity index is 1.87. The maximum atomic E-state index is 14.3. The van der Waals surface area contributed by atoms with E-state index in [9.17, 15) is 4.39 Å². The van der Waals surface area contributed by atoms with E-state index in [2.05, 4.69) is 24.1 Å². The van der Waals surface area contributed by atoms with Crippen LogP contribution < -0.4 is 10.1 Å². The lowest BCUT2D eigenvalue weighted by molar-refractivity contribution is 0.195. The summed E-state index contributed by atoms with van der Waals surface area (Å²) in [5.74, 6) is 0.952. The van der Waals surface area contributed by atoms with Gasteiger partial charge in [-0.05, 0) is 37.3 Å². The van der Waals surface area contributed by atoms with Gasteiger partial charge in [0.25, 0.3) is 5.88 Å². The van der Waals surface area contributed by atoms with E-state index in [0.717, 1.165) is 6.54 Å². The summed E-state index contributed by atoms with van der Waals surface area (Å²) in [7, 11) is 0. The number of hydrogen-bond donors (Lipinski definition) is 1. The average Bonchev–Trinajstić information content (AvgIpc) is 2.48. The van der Waals surface area contributed by atoms with Crippen molar-refractivity contribution in [3.63, 3.8) is 0 Å². The minimum atomic E-state index is -0.315. The van der Waals surface area contributed by atoms with Crippen molar-refractivity contribution in [2.45, 2.75) is 52.5 Å².